The lowest BCUT2D eigenvalue weighted by molar-refractivity contribution is 0.0656. The summed E-state index contributed by atoms with van der Waals surface area (Å²) in [5.41, 5.74) is -0.721. The summed E-state index contributed by atoms with van der Waals surface area (Å²) in [6, 6.07) is 8.92. The molecule has 0 bridgehead atoms. The first-order valence-corrected chi connectivity index (χ1v) is 9.81. The zero-order valence-corrected chi connectivity index (χ0v) is 15.5. The van der Waals surface area contributed by atoms with Crippen LogP contribution in [0.2, 0.25) is 0 Å². The summed E-state index contributed by atoms with van der Waals surface area (Å²) < 4.78 is 26.8. The fourth-order valence-electron chi connectivity index (χ4n) is 2.82. The Morgan fingerprint density at radius 1 is 0.897 bits per heavy atom. The zero-order chi connectivity index (χ0) is 21.3. The Labute approximate surface area is 164 Å². The molecule has 3 N–H and O–H groups in total. The number of benzene rings is 2. The molecule has 29 heavy (non-hydrogen) atoms. The third-order valence-electron chi connectivity index (χ3n) is 4.16. The molecule has 10 nitrogen and oxygen atoms in total. The van der Waals surface area contributed by atoms with E-state index in [0.29, 0.717) is 0 Å². The summed E-state index contributed by atoms with van der Waals surface area (Å²) >= 11 is 0. The molecule has 3 rings (SSSR count). The van der Waals surface area contributed by atoms with Gasteiger partial charge in [-0.3, -0.25) is 19.2 Å². The Morgan fingerprint density at radius 3 is 1.83 bits per heavy atom. The number of amides is 2. The molecule has 0 fully saturated rings. The highest BCUT2D eigenvalue weighted by Gasteiger charge is 2.35. The van der Waals surface area contributed by atoms with E-state index >= 15 is 0 Å². The first kappa shape index (κ1) is 20.0. The second-order valence-corrected chi connectivity index (χ2v) is 7.98. The number of nitrogens with one attached hydrogen (secondary N) is 1. The SMILES string of the molecule is O=C(O)c1cc(NS(=O)(=O)CCN2C(=O)c3ccccc3C2=O)cc(C(=O)O)c1. The van der Waals surface area contributed by atoms with Crippen LogP contribution in [-0.2, 0) is 10.0 Å². The summed E-state index contributed by atoms with van der Waals surface area (Å²) in [7, 11) is -4.12. The lowest BCUT2D eigenvalue weighted by Crippen LogP contribution is -2.35. The molecule has 1 aliphatic rings. The number of sulfonamides is 1. The van der Waals surface area contributed by atoms with Gasteiger partial charge in [-0.1, -0.05) is 12.1 Å². The van der Waals surface area contributed by atoms with Gasteiger partial charge in [-0.25, -0.2) is 18.0 Å². The summed E-state index contributed by atoms with van der Waals surface area (Å²) in [4.78, 5) is 47.6. The number of imide groups is 1. The monoisotopic (exact) mass is 418 g/mol. The van der Waals surface area contributed by atoms with Crippen LogP contribution < -0.4 is 4.72 Å². The zero-order valence-electron chi connectivity index (χ0n) is 14.7. The predicted octanol–water partition coefficient (Wildman–Crippen LogP) is 1.12. The average molecular weight is 418 g/mol. The number of carbonyl (C=O) groups excluding carboxylic acids is 2. The highest BCUT2D eigenvalue weighted by Crippen LogP contribution is 2.22. The van der Waals surface area contributed by atoms with Gasteiger partial charge >= 0.3 is 11.9 Å². The van der Waals surface area contributed by atoms with Gasteiger partial charge in [0.05, 0.1) is 33.7 Å². The second-order valence-electron chi connectivity index (χ2n) is 6.14. The highest BCUT2D eigenvalue weighted by atomic mass is 32.2. The standard InChI is InChI=1S/C18H14N2O8S/c21-15-13-3-1-2-4-14(13)16(22)20(15)5-6-29(27,28)19-12-8-10(17(23)24)7-11(9-12)18(25)26/h1-4,7-9,19H,5-6H2,(H,23,24)(H,25,26). The molecule has 11 heteroatoms. The van der Waals surface area contributed by atoms with Crippen molar-refractivity contribution in [2.24, 2.45) is 0 Å². The lowest BCUT2D eigenvalue weighted by atomic mass is 10.1. The number of carbonyl (C=O) groups is 4. The van der Waals surface area contributed by atoms with Crippen molar-refractivity contribution in [3.63, 3.8) is 0 Å². The van der Waals surface area contributed by atoms with Crippen molar-refractivity contribution in [3.8, 4) is 0 Å². The Hall–Kier alpha value is -3.73. The van der Waals surface area contributed by atoms with Gasteiger partial charge in [0.1, 0.15) is 0 Å². The fourth-order valence-corrected chi connectivity index (χ4v) is 3.82. The molecular weight excluding hydrogens is 404 g/mol. The number of rotatable bonds is 7. The molecule has 2 aromatic carbocycles. The summed E-state index contributed by atoms with van der Waals surface area (Å²) in [5, 5.41) is 18.1. The van der Waals surface area contributed by atoms with Gasteiger partial charge in [0.25, 0.3) is 11.8 Å². The van der Waals surface area contributed by atoms with Crippen LogP contribution in [-0.4, -0.2) is 59.6 Å². The summed E-state index contributed by atoms with van der Waals surface area (Å²) in [6.07, 6.45) is 0. The van der Waals surface area contributed by atoms with Crippen molar-refractivity contribution >= 4 is 39.5 Å². The number of aromatic carboxylic acids is 2. The van der Waals surface area contributed by atoms with Crippen LogP contribution in [0.3, 0.4) is 0 Å². The quantitative estimate of drug-likeness (QED) is 0.564. The molecule has 0 radical (unpaired) electrons. The van der Waals surface area contributed by atoms with Gasteiger partial charge < -0.3 is 10.2 Å². The summed E-state index contributed by atoms with van der Waals surface area (Å²) in [6.45, 7) is -0.425. The van der Waals surface area contributed by atoms with Crippen LogP contribution in [0.4, 0.5) is 5.69 Å². The topological polar surface area (TPSA) is 158 Å². The molecule has 0 aromatic heterocycles. The van der Waals surface area contributed by atoms with Gasteiger partial charge in [0, 0.05) is 6.54 Å². The normalized spacial score (nSPS) is 13.3. The van der Waals surface area contributed by atoms with E-state index in [0.717, 1.165) is 23.1 Å². The minimum absolute atomic E-state index is 0.183. The minimum Gasteiger partial charge on any atom is -0.478 e. The molecule has 150 valence electrons. The fraction of sp³-hybridized carbons (Fsp3) is 0.111. The molecule has 1 heterocycles. The molecule has 1 aliphatic heterocycles. The van der Waals surface area contributed by atoms with E-state index in [4.69, 9.17) is 10.2 Å². The number of anilines is 1. The van der Waals surface area contributed by atoms with Crippen molar-refractivity contribution < 1.29 is 37.8 Å². The molecular formula is C18H14N2O8S. The summed E-state index contributed by atoms with van der Waals surface area (Å²) in [5.74, 6) is -4.74. The van der Waals surface area contributed by atoms with Crippen molar-refractivity contribution in [1.29, 1.82) is 0 Å². The van der Waals surface area contributed by atoms with E-state index in [9.17, 15) is 27.6 Å². The highest BCUT2D eigenvalue weighted by molar-refractivity contribution is 7.92. The van der Waals surface area contributed by atoms with Crippen molar-refractivity contribution in [2.75, 3.05) is 17.0 Å². The van der Waals surface area contributed by atoms with Gasteiger partial charge in [-0.2, -0.15) is 0 Å². The van der Waals surface area contributed by atoms with Crippen LogP contribution in [0.25, 0.3) is 0 Å². The third-order valence-corrected chi connectivity index (χ3v) is 5.43. The van der Waals surface area contributed by atoms with Crippen LogP contribution in [0, 0.1) is 0 Å². The number of carboxylic acids is 2. The molecule has 0 atom stereocenters. The van der Waals surface area contributed by atoms with Crippen LogP contribution in [0.1, 0.15) is 41.4 Å². The first-order valence-electron chi connectivity index (χ1n) is 8.16. The van der Waals surface area contributed by atoms with Crippen molar-refractivity contribution in [1.82, 2.24) is 4.90 Å². The molecule has 2 aromatic rings. The molecule has 0 saturated heterocycles. The van der Waals surface area contributed by atoms with E-state index in [1.165, 1.54) is 12.1 Å². The van der Waals surface area contributed by atoms with Gasteiger partial charge in [-0.05, 0) is 30.3 Å². The molecule has 0 spiro atoms. The number of nitrogens with zero attached hydrogens (tertiary/aromatic N) is 1. The number of fused-ring (bicyclic) bond motifs is 1. The molecule has 0 aliphatic carbocycles. The van der Waals surface area contributed by atoms with Crippen LogP contribution in [0.15, 0.2) is 42.5 Å². The molecule has 2 amide bonds. The Kier molecular flexibility index (Phi) is 5.08. The van der Waals surface area contributed by atoms with Crippen LogP contribution >= 0.6 is 0 Å². The predicted molar refractivity (Wildman–Crippen MR) is 99.6 cm³/mol. The lowest BCUT2D eigenvalue weighted by Gasteiger charge is -2.15. The Morgan fingerprint density at radius 2 is 1.38 bits per heavy atom. The average Bonchev–Trinajstić information content (AvgIpc) is 2.90. The maximum absolute atomic E-state index is 12.3. The maximum Gasteiger partial charge on any atom is 0.335 e. The van der Waals surface area contributed by atoms with E-state index in [2.05, 4.69) is 4.72 Å². The van der Waals surface area contributed by atoms with Crippen molar-refractivity contribution in [3.05, 3.63) is 64.7 Å². The number of hydrogen-bond acceptors (Lipinski definition) is 6. The van der Waals surface area contributed by atoms with E-state index in [1.54, 1.807) is 12.1 Å². The molecule has 0 unspecified atom stereocenters. The van der Waals surface area contributed by atoms with Gasteiger partial charge in [-0.15, -0.1) is 0 Å². The number of hydrogen-bond donors (Lipinski definition) is 3. The van der Waals surface area contributed by atoms with Crippen molar-refractivity contribution in [2.45, 2.75) is 0 Å². The van der Waals surface area contributed by atoms with Gasteiger partial charge in [0.2, 0.25) is 10.0 Å². The second kappa shape index (κ2) is 7.36. The minimum atomic E-state index is -4.12. The first-order chi connectivity index (χ1) is 13.6. The van der Waals surface area contributed by atoms with E-state index < -0.39 is 57.2 Å². The smallest absolute Gasteiger partial charge is 0.335 e. The molecule has 0 saturated carbocycles. The number of carboxylic acid groups (broad SMARTS) is 2. The van der Waals surface area contributed by atoms with E-state index in [1.807, 2.05) is 0 Å². The largest absolute Gasteiger partial charge is 0.478 e. The van der Waals surface area contributed by atoms with E-state index in [-0.39, 0.29) is 16.8 Å². The third kappa shape index (κ3) is 4.09. The van der Waals surface area contributed by atoms with Crippen LogP contribution in [0.5, 0.6) is 0 Å². The maximum atomic E-state index is 12.3. The Bertz CT molecular complexity index is 1090. The Balaban J connectivity index is 1.76. The van der Waals surface area contributed by atoms with Gasteiger partial charge in [0.15, 0.2) is 0 Å².